The summed E-state index contributed by atoms with van der Waals surface area (Å²) < 4.78 is 24.5. The molecule has 3 fully saturated rings. The molecule has 78 valence electrons. The smallest absolute Gasteiger partial charge is 0.229 e. The standard InChI is InChI=1S/C9H11IO4/c1-9(2)13-6-5-4(3-10)11-8(12-5)7(6)14-9/h3,5-8H,1-2H3/b4-3-/t5-,6-,7-,8-/m1/s1. The molecule has 4 atom stereocenters. The van der Waals surface area contributed by atoms with E-state index in [1.165, 1.54) is 0 Å². The quantitative estimate of drug-likeness (QED) is 0.636. The van der Waals surface area contributed by atoms with Gasteiger partial charge >= 0.3 is 0 Å². The van der Waals surface area contributed by atoms with E-state index in [0.29, 0.717) is 0 Å². The summed E-state index contributed by atoms with van der Waals surface area (Å²) in [6.07, 6.45) is -0.448. The molecule has 0 aromatic heterocycles. The third kappa shape index (κ3) is 1.16. The highest BCUT2D eigenvalue weighted by Gasteiger charge is 2.61. The topological polar surface area (TPSA) is 36.9 Å². The van der Waals surface area contributed by atoms with Crippen molar-refractivity contribution in [2.75, 3.05) is 0 Å². The van der Waals surface area contributed by atoms with Gasteiger partial charge in [0.15, 0.2) is 11.9 Å². The molecule has 14 heavy (non-hydrogen) atoms. The molecule has 0 saturated carbocycles. The lowest BCUT2D eigenvalue weighted by atomic mass is 10.1. The molecule has 0 unspecified atom stereocenters. The van der Waals surface area contributed by atoms with Gasteiger partial charge < -0.3 is 18.9 Å². The monoisotopic (exact) mass is 310 g/mol. The zero-order valence-corrected chi connectivity index (χ0v) is 10.1. The van der Waals surface area contributed by atoms with Gasteiger partial charge in [0, 0.05) is 4.08 Å². The lowest BCUT2D eigenvalue weighted by Crippen LogP contribution is -2.36. The van der Waals surface area contributed by atoms with Crippen LogP contribution in [0.4, 0.5) is 0 Å². The fraction of sp³-hybridized carbons (Fsp3) is 0.778. The zero-order chi connectivity index (χ0) is 9.92. The molecule has 0 amide bonds. The van der Waals surface area contributed by atoms with Gasteiger partial charge in [-0.05, 0) is 36.4 Å². The number of ether oxygens (including phenoxy) is 4. The number of rotatable bonds is 0. The molecule has 0 aliphatic carbocycles. The van der Waals surface area contributed by atoms with Gasteiger partial charge in [0.1, 0.15) is 18.0 Å². The molecule has 0 aromatic carbocycles. The maximum Gasteiger partial charge on any atom is 0.229 e. The third-order valence-electron chi connectivity index (χ3n) is 2.65. The van der Waals surface area contributed by atoms with E-state index in [0.717, 1.165) is 5.76 Å². The molecular formula is C9H11IO4. The molecule has 4 nitrogen and oxygen atoms in total. The van der Waals surface area contributed by atoms with E-state index < -0.39 is 5.79 Å². The lowest BCUT2D eigenvalue weighted by Gasteiger charge is -2.20. The third-order valence-corrected chi connectivity index (χ3v) is 3.27. The molecule has 3 saturated heterocycles. The first-order valence-corrected chi connectivity index (χ1v) is 5.83. The molecule has 5 heteroatoms. The van der Waals surface area contributed by atoms with Crippen LogP contribution in [0, 0.1) is 0 Å². The van der Waals surface area contributed by atoms with Crippen LogP contribution in [0.25, 0.3) is 0 Å². The van der Waals surface area contributed by atoms with Gasteiger partial charge in [-0.25, -0.2) is 0 Å². The highest BCUT2D eigenvalue weighted by Crippen LogP contribution is 2.46. The minimum Gasteiger partial charge on any atom is -0.463 e. The van der Waals surface area contributed by atoms with E-state index in [1.54, 1.807) is 0 Å². The van der Waals surface area contributed by atoms with Crippen molar-refractivity contribution in [1.29, 1.82) is 0 Å². The normalized spacial score (nSPS) is 50.9. The summed E-state index contributed by atoms with van der Waals surface area (Å²) in [5.74, 6) is 0.345. The predicted octanol–water partition coefficient (Wildman–Crippen LogP) is 1.54. The van der Waals surface area contributed by atoms with Crippen LogP contribution in [0.15, 0.2) is 9.84 Å². The van der Waals surface area contributed by atoms with Crippen molar-refractivity contribution >= 4 is 22.6 Å². The first-order chi connectivity index (χ1) is 6.61. The minimum absolute atomic E-state index is 0.00948. The van der Waals surface area contributed by atoms with Gasteiger partial charge in [-0.2, -0.15) is 0 Å². The fourth-order valence-electron chi connectivity index (χ4n) is 2.17. The van der Waals surface area contributed by atoms with E-state index >= 15 is 0 Å². The van der Waals surface area contributed by atoms with E-state index in [9.17, 15) is 0 Å². The SMILES string of the molecule is CC1(C)O[C@H]2[C@@H]3O/C(=C\I)[C@@H](O3)[C@H]2O1. The van der Waals surface area contributed by atoms with Crippen molar-refractivity contribution in [1.82, 2.24) is 0 Å². The second-order valence-corrected chi connectivity index (χ2v) is 4.74. The Morgan fingerprint density at radius 2 is 2.00 bits per heavy atom. The lowest BCUT2D eigenvalue weighted by molar-refractivity contribution is -0.192. The number of fused-ring (bicyclic) bond motifs is 5. The maximum atomic E-state index is 5.77. The Hall–Kier alpha value is 0.150. The van der Waals surface area contributed by atoms with E-state index in [4.69, 9.17) is 18.9 Å². The van der Waals surface area contributed by atoms with Crippen LogP contribution < -0.4 is 0 Å². The molecule has 0 radical (unpaired) electrons. The predicted molar refractivity (Wildman–Crippen MR) is 55.7 cm³/mol. The van der Waals surface area contributed by atoms with Crippen LogP contribution in [0.2, 0.25) is 0 Å². The van der Waals surface area contributed by atoms with Gasteiger partial charge in [0.2, 0.25) is 6.29 Å². The Bertz CT molecular complexity index is 301. The van der Waals surface area contributed by atoms with E-state index in [1.807, 2.05) is 17.9 Å². The molecule has 2 bridgehead atoms. The molecular weight excluding hydrogens is 299 g/mol. The average molecular weight is 310 g/mol. The summed E-state index contributed by atoms with van der Waals surface area (Å²) in [6.45, 7) is 3.83. The van der Waals surface area contributed by atoms with E-state index in [2.05, 4.69) is 22.6 Å². The average Bonchev–Trinajstić information content (AvgIpc) is 2.70. The van der Waals surface area contributed by atoms with E-state index in [-0.39, 0.29) is 24.6 Å². The van der Waals surface area contributed by atoms with Crippen LogP contribution in [-0.2, 0) is 18.9 Å². The first kappa shape index (κ1) is 9.38. The highest BCUT2D eigenvalue weighted by molar-refractivity contribution is 14.1. The second-order valence-electron chi connectivity index (χ2n) is 4.12. The summed E-state index contributed by atoms with van der Waals surface area (Å²) >= 11 is 2.15. The van der Waals surface area contributed by atoms with Gasteiger partial charge in [-0.15, -0.1) is 0 Å². The number of hydrogen-bond acceptors (Lipinski definition) is 4. The van der Waals surface area contributed by atoms with Crippen LogP contribution in [-0.4, -0.2) is 30.4 Å². The summed E-state index contributed by atoms with van der Waals surface area (Å²) in [5.41, 5.74) is 0. The van der Waals surface area contributed by atoms with Crippen LogP contribution in [0.1, 0.15) is 13.8 Å². The largest absolute Gasteiger partial charge is 0.463 e. The molecule has 3 aliphatic heterocycles. The molecule has 3 heterocycles. The highest BCUT2D eigenvalue weighted by atomic mass is 127. The summed E-state index contributed by atoms with van der Waals surface area (Å²) in [6, 6.07) is 0. The van der Waals surface area contributed by atoms with Crippen molar-refractivity contribution in [2.24, 2.45) is 0 Å². The number of hydrogen-bond donors (Lipinski definition) is 0. The Kier molecular flexibility index (Phi) is 1.90. The van der Waals surface area contributed by atoms with Gasteiger partial charge in [0.05, 0.1) is 0 Å². The van der Waals surface area contributed by atoms with Crippen molar-refractivity contribution < 1.29 is 18.9 Å². The summed E-state index contributed by atoms with van der Waals surface area (Å²) in [7, 11) is 0. The molecule has 0 spiro atoms. The Labute approximate surface area is 95.7 Å². The molecule has 3 rings (SSSR count). The van der Waals surface area contributed by atoms with Gasteiger partial charge in [-0.1, -0.05) is 0 Å². The Morgan fingerprint density at radius 3 is 2.71 bits per heavy atom. The minimum atomic E-state index is -0.514. The van der Waals surface area contributed by atoms with Gasteiger partial charge in [0.25, 0.3) is 0 Å². The molecule has 0 N–H and O–H groups in total. The summed E-state index contributed by atoms with van der Waals surface area (Å²) in [5, 5.41) is 0. The number of halogens is 1. The van der Waals surface area contributed by atoms with Crippen molar-refractivity contribution in [3.63, 3.8) is 0 Å². The van der Waals surface area contributed by atoms with Crippen molar-refractivity contribution in [3.8, 4) is 0 Å². The second kappa shape index (κ2) is 2.84. The zero-order valence-electron chi connectivity index (χ0n) is 7.90. The van der Waals surface area contributed by atoms with Crippen LogP contribution in [0.5, 0.6) is 0 Å². The maximum absolute atomic E-state index is 5.77. The van der Waals surface area contributed by atoms with Crippen molar-refractivity contribution in [3.05, 3.63) is 9.84 Å². The van der Waals surface area contributed by atoms with Crippen LogP contribution >= 0.6 is 22.6 Å². The molecule has 0 aromatic rings. The Morgan fingerprint density at radius 1 is 1.29 bits per heavy atom. The van der Waals surface area contributed by atoms with Gasteiger partial charge in [-0.3, -0.25) is 0 Å². The Balaban J connectivity index is 1.89. The fourth-order valence-corrected chi connectivity index (χ4v) is 2.68. The first-order valence-electron chi connectivity index (χ1n) is 4.59. The van der Waals surface area contributed by atoms with Crippen LogP contribution in [0.3, 0.4) is 0 Å². The van der Waals surface area contributed by atoms with Crippen molar-refractivity contribution in [2.45, 2.75) is 44.2 Å². The molecule has 3 aliphatic rings. The summed E-state index contributed by atoms with van der Waals surface area (Å²) in [4.78, 5) is 0.